The van der Waals surface area contributed by atoms with Crippen molar-refractivity contribution in [2.75, 3.05) is 31.3 Å². The molecule has 2 amide bonds. The molecule has 1 aliphatic heterocycles. The second-order valence-electron chi connectivity index (χ2n) is 11.3. The van der Waals surface area contributed by atoms with Crippen LogP contribution in [-0.2, 0) is 16.1 Å². The summed E-state index contributed by atoms with van der Waals surface area (Å²) in [7, 11) is 4.04. The van der Waals surface area contributed by atoms with Crippen molar-refractivity contribution in [1.82, 2.24) is 15.5 Å². The second-order valence-corrected chi connectivity index (χ2v) is 12.9. The first-order chi connectivity index (χ1) is 17.5. The van der Waals surface area contributed by atoms with Gasteiger partial charge in [-0.25, -0.2) is 4.79 Å². The van der Waals surface area contributed by atoms with Gasteiger partial charge in [-0.15, -0.1) is 11.8 Å². The van der Waals surface area contributed by atoms with Crippen LogP contribution in [0.4, 0.5) is 10.5 Å². The zero-order chi connectivity index (χ0) is 27.0. The summed E-state index contributed by atoms with van der Waals surface area (Å²) in [5.74, 6) is 1.21. The molecule has 0 bridgehead atoms. The fourth-order valence-electron chi connectivity index (χ4n) is 4.81. The standard InChI is InChI=1S/C28H44N4O3S2/c1-28(2,3)35-27(34)32-17-18-37-26(32)24(33)30-23(16-13-20-9-7-6-8-10-20)25(36)29-19-21-11-14-22(15-12-21)31(4)5/h11-12,14-15,20,23,26H,6-10,13,16-19H2,1-5H3,(H,29,36)(H,30,33)/t23-,26+/m1/s1. The molecule has 7 nitrogen and oxygen atoms in total. The smallest absolute Gasteiger partial charge is 0.411 e. The maximum Gasteiger partial charge on any atom is 0.411 e. The average molecular weight is 549 g/mol. The van der Waals surface area contributed by atoms with Crippen LogP contribution < -0.4 is 15.5 Å². The predicted molar refractivity (Wildman–Crippen MR) is 157 cm³/mol. The Balaban J connectivity index is 1.63. The molecule has 2 fully saturated rings. The summed E-state index contributed by atoms with van der Waals surface area (Å²) in [5.41, 5.74) is 1.67. The van der Waals surface area contributed by atoms with Gasteiger partial charge in [0, 0.05) is 38.6 Å². The molecule has 1 aromatic rings. The molecule has 0 unspecified atom stereocenters. The van der Waals surface area contributed by atoms with Gasteiger partial charge in [0.25, 0.3) is 5.91 Å². The molecule has 206 valence electrons. The zero-order valence-electron chi connectivity index (χ0n) is 23.0. The van der Waals surface area contributed by atoms with E-state index in [2.05, 4.69) is 39.8 Å². The first kappa shape index (κ1) is 29.6. The van der Waals surface area contributed by atoms with Crippen LogP contribution in [0.1, 0.15) is 71.3 Å². The normalized spacial score (nSPS) is 19.3. The van der Waals surface area contributed by atoms with E-state index in [4.69, 9.17) is 17.0 Å². The highest BCUT2D eigenvalue weighted by molar-refractivity contribution is 8.00. The Morgan fingerprint density at radius 1 is 1.16 bits per heavy atom. The average Bonchev–Trinajstić information content (AvgIpc) is 3.35. The van der Waals surface area contributed by atoms with E-state index in [1.807, 2.05) is 34.9 Å². The van der Waals surface area contributed by atoms with E-state index in [0.29, 0.717) is 29.7 Å². The number of nitrogens with zero attached hydrogens (tertiary/aromatic N) is 2. The van der Waals surface area contributed by atoms with Crippen LogP contribution in [0.5, 0.6) is 0 Å². The number of nitrogens with one attached hydrogen (secondary N) is 2. The summed E-state index contributed by atoms with van der Waals surface area (Å²) in [6.45, 7) is 6.61. The van der Waals surface area contributed by atoms with E-state index in [9.17, 15) is 9.59 Å². The maximum atomic E-state index is 13.4. The lowest BCUT2D eigenvalue weighted by atomic mass is 9.85. The lowest BCUT2D eigenvalue weighted by Gasteiger charge is -2.29. The molecule has 1 aromatic carbocycles. The van der Waals surface area contributed by atoms with Gasteiger partial charge in [-0.3, -0.25) is 9.69 Å². The Kier molecular flexibility index (Phi) is 10.9. The molecule has 1 saturated carbocycles. The Hall–Kier alpha value is -2.00. The quantitative estimate of drug-likeness (QED) is 0.404. The van der Waals surface area contributed by atoms with Crippen molar-refractivity contribution in [3.63, 3.8) is 0 Å². The van der Waals surface area contributed by atoms with E-state index >= 15 is 0 Å². The predicted octanol–water partition coefficient (Wildman–Crippen LogP) is 5.32. The van der Waals surface area contributed by atoms with Crippen LogP contribution in [0.15, 0.2) is 24.3 Å². The second kappa shape index (κ2) is 13.7. The Morgan fingerprint density at radius 3 is 2.46 bits per heavy atom. The van der Waals surface area contributed by atoms with E-state index in [0.717, 1.165) is 24.1 Å². The summed E-state index contributed by atoms with van der Waals surface area (Å²) in [6.07, 6.45) is 7.80. The number of thioether (sulfide) groups is 1. The molecule has 2 atom stereocenters. The van der Waals surface area contributed by atoms with Gasteiger partial charge in [0.15, 0.2) is 5.37 Å². The number of carbonyl (C=O) groups excluding carboxylic acids is 2. The highest BCUT2D eigenvalue weighted by atomic mass is 32.2. The summed E-state index contributed by atoms with van der Waals surface area (Å²) in [4.78, 5) is 30.4. The minimum atomic E-state index is -0.607. The molecule has 1 aliphatic carbocycles. The number of hydrogen-bond donors (Lipinski definition) is 2. The number of hydrogen-bond acceptors (Lipinski definition) is 6. The minimum absolute atomic E-state index is 0.179. The van der Waals surface area contributed by atoms with Crippen molar-refractivity contribution in [2.45, 2.75) is 89.3 Å². The summed E-state index contributed by atoms with van der Waals surface area (Å²) < 4.78 is 5.54. The number of benzene rings is 1. The van der Waals surface area contributed by atoms with E-state index in [1.54, 1.807) is 0 Å². The van der Waals surface area contributed by atoms with Crippen molar-refractivity contribution >= 4 is 46.7 Å². The van der Waals surface area contributed by atoms with Crippen LogP contribution in [0, 0.1) is 5.92 Å². The molecule has 2 N–H and O–H groups in total. The SMILES string of the molecule is CN(C)c1ccc(CNC(=S)[C@@H](CCC2CCCCC2)NC(=O)[C@@H]2SCCN2C(=O)OC(C)(C)C)cc1. The number of ether oxygens (including phenoxy) is 1. The monoisotopic (exact) mass is 548 g/mol. The van der Waals surface area contributed by atoms with Crippen molar-refractivity contribution < 1.29 is 14.3 Å². The number of amides is 2. The molecule has 0 aromatic heterocycles. The van der Waals surface area contributed by atoms with Crippen LogP contribution in [-0.4, -0.2) is 65.3 Å². The third-order valence-electron chi connectivity index (χ3n) is 6.88. The molecule has 0 radical (unpaired) electrons. The first-order valence-electron chi connectivity index (χ1n) is 13.5. The van der Waals surface area contributed by atoms with Crippen molar-refractivity contribution in [2.24, 2.45) is 5.92 Å². The molecule has 0 spiro atoms. The van der Waals surface area contributed by atoms with Gasteiger partial charge in [0.1, 0.15) is 5.60 Å². The molecule has 1 saturated heterocycles. The van der Waals surface area contributed by atoms with Crippen LogP contribution in [0.25, 0.3) is 0 Å². The first-order valence-corrected chi connectivity index (χ1v) is 14.9. The highest BCUT2D eigenvalue weighted by Crippen LogP contribution is 2.29. The summed E-state index contributed by atoms with van der Waals surface area (Å²) in [5, 5.41) is 5.97. The highest BCUT2D eigenvalue weighted by Gasteiger charge is 2.38. The minimum Gasteiger partial charge on any atom is -0.444 e. The zero-order valence-corrected chi connectivity index (χ0v) is 24.7. The van der Waals surface area contributed by atoms with E-state index in [1.165, 1.54) is 48.8 Å². The number of carbonyl (C=O) groups is 2. The van der Waals surface area contributed by atoms with Gasteiger partial charge in [0.2, 0.25) is 0 Å². The number of anilines is 1. The molecule has 2 aliphatic rings. The Labute approximate surface area is 232 Å². The van der Waals surface area contributed by atoms with Crippen molar-refractivity contribution in [3.8, 4) is 0 Å². The van der Waals surface area contributed by atoms with Gasteiger partial charge in [-0.05, 0) is 57.2 Å². The van der Waals surface area contributed by atoms with Gasteiger partial charge in [-0.2, -0.15) is 0 Å². The fourth-order valence-corrected chi connectivity index (χ4v) is 6.17. The topological polar surface area (TPSA) is 73.9 Å². The third-order valence-corrected chi connectivity index (χ3v) is 8.52. The summed E-state index contributed by atoms with van der Waals surface area (Å²) in [6, 6.07) is 8.09. The summed E-state index contributed by atoms with van der Waals surface area (Å²) >= 11 is 7.28. The molecular formula is C28H44N4O3S2. The van der Waals surface area contributed by atoms with Crippen molar-refractivity contribution in [1.29, 1.82) is 0 Å². The van der Waals surface area contributed by atoms with Gasteiger partial charge >= 0.3 is 6.09 Å². The van der Waals surface area contributed by atoms with Crippen molar-refractivity contribution in [3.05, 3.63) is 29.8 Å². The number of rotatable bonds is 9. The molecule has 9 heteroatoms. The Morgan fingerprint density at radius 2 is 1.84 bits per heavy atom. The molecular weight excluding hydrogens is 504 g/mol. The largest absolute Gasteiger partial charge is 0.444 e. The van der Waals surface area contributed by atoms with Crippen LogP contribution in [0.2, 0.25) is 0 Å². The van der Waals surface area contributed by atoms with E-state index in [-0.39, 0.29) is 11.9 Å². The maximum absolute atomic E-state index is 13.4. The van der Waals surface area contributed by atoms with Crippen LogP contribution in [0.3, 0.4) is 0 Å². The Bertz CT molecular complexity index is 911. The van der Waals surface area contributed by atoms with Crippen LogP contribution >= 0.6 is 24.0 Å². The fraction of sp³-hybridized carbons (Fsp3) is 0.679. The van der Waals surface area contributed by atoms with Gasteiger partial charge in [-0.1, -0.05) is 56.5 Å². The molecule has 37 heavy (non-hydrogen) atoms. The van der Waals surface area contributed by atoms with Gasteiger partial charge in [0.05, 0.1) is 11.0 Å². The van der Waals surface area contributed by atoms with E-state index < -0.39 is 17.1 Å². The van der Waals surface area contributed by atoms with Gasteiger partial charge < -0.3 is 20.3 Å². The number of thiocarbonyl (C=S) groups is 1. The molecule has 3 rings (SSSR count). The third kappa shape index (κ3) is 9.36. The lowest BCUT2D eigenvalue weighted by molar-refractivity contribution is -0.123. The molecule has 1 heterocycles. The lowest BCUT2D eigenvalue weighted by Crippen LogP contribution is -2.52.